The van der Waals surface area contributed by atoms with Crippen molar-refractivity contribution in [3.05, 3.63) is 0 Å². The summed E-state index contributed by atoms with van der Waals surface area (Å²) >= 11 is 0. The summed E-state index contributed by atoms with van der Waals surface area (Å²) in [7, 11) is 0. The highest BCUT2D eigenvalue weighted by atomic mass is 16.5. The van der Waals surface area contributed by atoms with Crippen LogP contribution in [0.4, 0.5) is 0 Å². The zero-order valence-electron chi connectivity index (χ0n) is 13.5. The maximum absolute atomic E-state index is 12.0. The van der Waals surface area contributed by atoms with E-state index in [4.69, 9.17) is 9.47 Å². The van der Waals surface area contributed by atoms with Crippen LogP contribution in [0.3, 0.4) is 0 Å². The zero-order chi connectivity index (χ0) is 15.6. The summed E-state index contributed by atoms with van der Waals surface area (Å²) in [5.74, 6) is -0.0388. The summed E-state index contributed by atoms with van der Waals surface area (Å²) in [6, 6.07) is -0.173. The quantitative estimate of drug-likeness (QED) is 0.684. The Morgan fingerprint density at radius 1 is 1.27 bits per heavy atom. The highest BCUT2D eigenvalue weighted by Crippen LogP contribution is 2.11. The van der Waals surface area contributed by atoms with E-state index in [-0.39, 0.29) is 24.7 Å². The lowest BCUT2D eigenvalue weighted by molar-refractivity contribution is -0.124. The van der Waals surface area contributed by atoms with E-state index in [9.17, 15) is 9.90 Å². The van der Waals surface area contributed by atoms with Gasteiger partial charge in [0.2, 0.25) is 5.91 Å². The van der Waals surface area contributed by atoms with E-state index in [0.717, 1.165) is 45.7 Å². The SMILES string of the molecule is O=C(CCOC1CCOCC1)NC(CO)CN1CCCCC1. The molecule has 2 aliphatic rings. The number of nitrogens with one attached hydrogen (secondary N) is 1. The molecular weight excluding hydrogens is 284 g/mol. The molecule has 1 atom stereocenters. The molecule has 0 spiro atoms. The second-order valence-electron chi connectivity index (χ2n) is 6.24. The topological polar surface area (TPSA) is 71.0 Å². The number of piperidine rings is 1. The number of amides is 1. The highest BCUT2D eigenvalue weighted by Gasteiger charge is 2.18. The van der Waals surface area contributed by atoms with Gasteiger partial charge >= 0.3 is 0 Å². The molecule has 0 radical (unpaired) electrons. The number of aliphatic hydroxyl groups is 1. The van der Waals surface area contributed by atoms with Crippen molar-refractivity contribution in [3.8, 4) is 0 Å². The van der Waals surface area contributed by atoms with E-state index in [1.807, 2.05) is 0 Å². The number of likely N-dealkylation sites (tertiary alicyclic amines) is 1. The maximum atomic E-state index is 12.0. The number of ether oxygens (including phenoxy) is 2. The Labute approximate surface area is 133 Å². The van der Waals surface area contributed by atoms with Crippen molar-refractivity contribution in [2.24, 2.45) is 0 Å². The van der Waals surface area contributed by atoms with Crippen LogP contribution in [-0.2, 0) is 14.3 Å². The second kappa shape index (κ2) is 10.2. The predicted molar refractivity (Wildman–Crippen MR) is 83.7 cm³/mol. The summed E-state index contributed by atoms with van der Waals surface area (Å²) in [6.45, 7) is 4.81. The van der Waals surface area contributed by atoms with Crippen molar-refractivity contribution in [3.63, 3.8) is 0 Å². The molecule has 0 bridgehead atoms. The first-order chi connectivity index (χ1) is 10.8. The molecule has 0 aromatic carbocycles. The largest absolute Gasteiger partial charge is 0.394 e. The molecule has 22 heavy (non-hydrogen) atoms. The molecule has 2 saturated heterocycles. The van der Waals surface area contributed by atoms with Gasteiger partial charge in [-0.2, -0.15) is 0 Å². The van der Waals surface area contributed by atoms with Gasteiger partial charge < -0.3 is 24.8 Å². The molecule has 6 heteroatoms. The molecule has 2 rings (SSSR count). The molecule has 0 aromatic heterocycles. The van der Waals surface area contributed by atoms with Gasteiger partial charge in [0.05, 0.1) is 25.4 Å². The van der Waals surface area contributed by atoms with Crippen LogP contribution in [0, 0.1) is 0 Å². The molecule has 6 nitrogen and oxygen atoms in total. The maximum Gasteiger partial charge on any atom is 0.222 e. The van der Waals surface area contributed by atoms with Gasteiger partial charge in [-0.15, -0.1) is 0 Å². The van der Waals surface area contributed by atoms with E-state index in [2.05, 4.69) is 10.2 Å². The molecule has 1 unspecified atom stereocenters. The van der Waals surface area contributed by atoms with E-state index < -0.39 is 0 Å². The predicted octanol–water partition coefficient (Wildman–Crippen LogP) is 0.535. The number of rotatable bonds is 8. The Bertz CT molecular complexity index is 315. The monoisotopic (exact) mass is 314 g/mol. The second-order valence-corrected chi connectivity index (χ2v) is 6.24. The molecule has 0 aliphatic carbocycles. The molecule has 2 aliphatic heterocycles. The fraction of sp³-hybridized carbons (Fsp3) is 0.938. The van der Waals surface area contributed by atoms with Crippen molar-refractivity contribution >= 4 is 5.91 Å². The summed E-state index contributed by atoms with van der Waals surface area (Å²) in [6.07, 6.45) is 6.12. The van der Waals surface area contributed by atoms with Gasteiger partial charge in [0.25, 0.3) is 0 Å². The Hall–Kier alpha value is -0.690. The summed E-state index contributed by atoms with van der Waals surface area (Å²) in [5.41, 5.74) is 0. The van der Waals surface area contributed by atoms with Gasteiger partial charge in [-0.05, 0) is 38.8 Å². The van der Waals surface area contributed by atoms with Gasteiger partial charge in [-0.3, -0.25) is 4.79 Å². The van der Waals surface area contributed by atoms with Gasteiger partial charge in [-0.1, -0.05) is 6.42 Å². The minimum atomic E-state index is -0.173. The number of aliphatic hydroxyl groups excluding tert-OH is 1. The lowest BCUT2D eigenvalue weighted by Crippen LogP contribution is -2.47. The van der Waals surface area contributed by atoms with Crippen molar-refractivity contribution in [2.45, 2.75) is 50.7 Å². The first-order valence-corrected chi connectivity index (χ1v) is 8.60. The van der Waals surface area contributed by atoms with Crippen molar-refractivity contribution in [1.82, 2.24) is 10.2 Å². The van der Waals surface area contributed by atoms with E-state index in [0.29, 0.717) is 13.0 Å². The van der Waals surface area contributed by atoms with E-state index >= 15 is 0 Å². The van der Waals surface area contributed by atoms with Crippen LogP contribution in [-0.4, -0.2) is 74.1 Å². The Morgan fingerprint density at radius 3 is 2.68 bits per heavy atom. The molecular formula is C16H30N2O4. The smallest absolute Gasteiger partial charge is 0.222 e. The van der Waals surface area contributed by atoms with Crippen molar-refractivity contribution in [2.75, 3.05) is 46.1 Å². The zero-order valence-corrected chi connectivity index (χ0v) is 13.5. The minimum Gasteiger partial charge on any atom is -0.394 e. The fourth-order valence-electron chi connectivity index (χ4n) is 3.06. The number of carbonyl (C=O) groups is 1. The first kappa shape index (κ1) is 17.7. The number of nitrogens with zero attached hydrogens (tertiary/aromatic N) is 1. The normalized spacial score (nSPS) is 22.4. The average Bonchev–Trinajstić information content (AvgIpc) is 2.56. The summed E-state index contributed by atoms with van der Waals surface area (Å²) in [5, 5.41) is 12.4. The minimum absolute atomic E-state index is 0.0109. The van der Waals surface area contributed by atoms with Gasteiger partial charge in [0.1, 0.15) is 0 Å². The van der Waals surface area contributed by atoms with Crippen LogP contribution >= 0.6 is 0 Å². The van der Waals surface area contributed by atoms with Gasteiger partial charge in [0.15, 0.2) is 0 Å². The van der Waals surface area contributed by atoms with Crippen LogP contribution in [0.15, 0.2) is 0 Å². The standard InChI is InChI=1S/C16H30N2O4/c19-13-14(12-18-7-2-1-3-8-18)17-16(20)6-11-22-15-4-9-21-10-5-15/h14-15,19H,1-13H2,(H,17,20). The van der Waals surface area contributed by atoms with Crippen LogP contribution in [0.2, 0.25) is 0 Å². The third kappa shape index (κ3) is 6.60. The average molecular weight is 314 g/mol. The molecule has 2 N–H and O–H groups in total. The Balaban J connectivity index is 1.59. The summed E-state index contributed by atoms with van der Waals surface area (Å²) in [4.78, 5) is 14.3. The fourth-order valence-corrected chi connectivity index (χ4v) is 3.06. The van der Waals surface area contributed by atoms with Crippen LogP contribution < -0.4 is 5.32 Å². The van der Waals surface area contributed by atoms with Gasteiger partial charge in [-0.25, -0.2) is 0 Å². The van der Waals surface area contributed by atoms with Crippen molar-refractivity contribution in [1.29, 1.82) is 0 Å². The number of hydrogen-bond acceptors (Lipinski definition) is 5. The first-order valence-electron chi connectivity index (χ1n) is 8.60. The molecule has 2 heterocycles. The molecule has 2 fully saturated rings. The van der Waals surface area contributed by atoms with Crippen LogP contribution in [0.25, 0.3) is 0 Å². The van der Waals surface area contributed by atoms with E-state index in [1.54, 1.807) is 0 Å². The molecule has 128 valence electrons. The van der Waals surface area contributed by atoms with Crippen LogP contribution in [0.1, 0.15) is 38.5 Å². The van der Waals surface area contributed by atoms with Crippen molar-refractivity contribution < 1.29 is 19.4 Å². The van der Waals surface area contributed by atoms with Crippen LogP contribution in [0.5, 0.6) is 0 Å². The summed E-state index contributed by atoms with van der Waals surface area (Å²) < 4.78 is 11.0. The Morgan fingerprint density at radius 2 is 2.00 bits per heavy atom. The van der Waals surface area contributed by atoms with Gasteiger partial charge in [0, 0.05) is 26.2 Å². The highest BCUT2D eigenvalue weighted by molar-refractivity contribution is 5.76. The Kier molecular flexibility index (Phi) is 8.15. The number of carbonyl (C=O) groups excluding carboxylic acids is 1. The molecule has 1 amide bonds. The third-order valence-electron chi connectivity index (χ3n) is 4.36. The lowest BCUT2D eigenvalue weighted by Gasteiger charge is -2.30. The molecule has 0 saturated carbocycles. The molecule has 0 aromatic rings. The number of hydrogen-bond donors (Lipinski definition) is 2. The third-order valence-corrected chi connectivity index (χ3v) is 4.36. The van der Waals surface area contributed by atoms with E-state index in [1.165, 1.54) is 19.3 Å². The lowest BCUT2D eigenvalue weighted by atomic mass is 10.1.